The molecule has 0 atom stereocenters. The molecule has 2 aromatic rings. The van der Waals surface area contributed by atoms with Gasteiger partial charge in [-0.25, -0.2) is 4.79 Å². The van der Waals surface area contributed by atoms with Crippen molar-refractivity contribution in [3.63, 3.8) is 0 Å². The molecule has 0 spiro atoms. The molecule has 1 aliphatic heterocycles. The second kappa shape index (κ2) is 6.54. The van der Waals surface area contributed by atoms with Crippen LogP contribution in [0.2, 0.25) is 0 Å². The smallest absolute Gasteiger partial charge is 0.370 e. The number of hydrogen-bond donors (Lipinski definition) is 0. The Morgan fingerprint density at radius 3 is 2.08 bits per heavy atom. The highest BCUT2D eigenvalue weighted by molar-refractivity contribution is 6.20. The van der Waals surface area contributed by atoms with Crippen LogP contribution in [0, 0.1) is 0 Å². The summed E-state index contributed by atoms with van der Waals surface area (Å²) >= 11 is 0. The number of ether oxygens (including phenoxy) is 1. The normalized spacial score (nSPS) is 13.0. The minimum Gasteiger partial charge on any atom is -0.482 e. The quantitative estimate of drug-likeness (QED) is 0.789. The van der Waals surface area contributed by atoms with Crippen LogP contribution < -0.4 is 4.74 Å². The van der Waals surface area contributed by atoms with Gasteiger partial charge < -0.3 is 9.57 Å². The standard InChI is InChI=1S/C18H15NO5/c1-2-12-7-9-13(10-8-12)23-11-16(20)24-19-17(21)14-5-3-4-6-15(14)18(19)22/h3-10H,2,11H2,1H3. The first-order chi connectivity index (χ1) is 11.6. The summed E-state index contributed by atoms with van der Waals surface area (Å²) in [7, 11) is 0. The van der Waals surface area contributed by atoms with Gasteiger partial charge in [-0.05, 0) is 36.2 Å². The highest BCUT2D eigenvalue weighted by atomic mass is 16.7. The van der Waals surface area contributed by atoms with Crippen molar-refractivity contribution < 1.29 is 24.0 Å². The first-order valence-corrected chi connectivity index (χ1v) is 7.50. The van der Waals surface area contributed by atoms with Gasteiger partial charge in [0.1, 0.15) is 5.75 Å². The molecule has 0 fully saturated rings. The zero-order chi connectivity index (χ0) is 17.1. The van der Waals surface area contributed by atoms with Gasteiger partial charge in [0.15, 0.2) is 6.61 Å². The summed E-state index contributed by atoms with van der Waals surface area (Å²) in [6.45, 7) is 1.63. The van der Waals surface area contributed by atoms with Crippen LogP contribution >= 0.6 is 0 Å². The lowest BCUT2D eigenvalue weighted by Crippen LogP contribution is -2.34. The van der Waals surface area contributed by atoms with E-state index in [0.717, 1.165) is 12.0 Å². The zero-order valence-electron chi connectivity index (χ0n) is 13.0. The first-order valence-electron chi connectivity index (χ1n) is 7.50. The molecule has 0 saturated carbocycles. The number of nitrogens with zero attached hydrogens (tertiary/aromatic N) is 1. The van der Waals surface area contributed by atoms with Gasteiger partial charge in [-0.15, -0.1) is 0 Å². The fourth-order valence-electron chi connectivity index (χ4n) is 2.34. The van der Waals surface area contributed by atoms with Gasteiger partial charge in [-0.3, -0.25) is 9.59 Å². The van der Waals surface area contributed by atoms with E-state index in [1.54, 1.807) is 24.3 Å². The molecule has 0 aromatic heterocycles. The average molecular weight is 325 g/mol. The predicted molar refractivity (Wildman–Crippen MR) is 84.3 cm³/mol. The van der Waals surface area contributed by atoms with E-state index in [4.69, 9.17) is 9.57 Å². The summed E-state index contributed by atoms with van der Waals surface area (Å²) in [6.07, 6.45) is 0.905. The Labute approximate surface area is 138 Å². The number of carbonyl (C=O) groups excluding carboxylic acids is 3. The zero-order valence-corrected chi connectivity index (χ0v) is 13.0. The Bertz CT molecular complexity index is 762. The van der Waals surface area contributed by atoms with Crippen molar-refractivity contribution >= 4 is 17.8 Å². The Kier molecular flexibility index (Phi) is 4.29. The summed E-state index contributed by atoms with van der Waals surface area (Å²) < 4.78 is 5.30. The molecule has 6 nitrogen and oxygen atoms in total. The summed E-state index contributed by atoms with van der Waals surface area (Å²) in [5.74, 6) is -1.64. The van der Waals surface area contributed by atoms with E-state index < -0.39 is 24.4 Å². The summed E-state index contributed by atoms with van der Waals surface area (Å²) in [4.78, 5) is 40.8. The van der Waals surface area contributed by atoms with Crippen LogP contribution in [0.25, 0.3) is 0 Å². The number of aryl methyl sites for hydroxylation is 1. The molecule has 0 saturated heterocycles. The summed E-state index contributed by atoms with van der Waals surface area (Å²) in [5, 5.41) is 0.469. The molecule has 24 heavy (non-hydrogen) atoms. The average Bonchev–Trinajstić information content (AvgIpc) is 2.86. The van der Waals surface area contributed by atoms with Crippen LogP contribution in [0.3, 0.4) is 0 Å². The van der Waals surface area contributed by atoms with Crippen molar-refractivity contribution in [3.8, 4) is 5.75 Å². The van der Waals surface area contributed by atoms with E-state index in [1.807, 2.05) is 19.1 Å². The number of imide groups is 1. The molecule has 0 N–H and O–H groups in total. The van der Waals surface area contributed by atoms with Crippen molar-refractivity contribution in [1.82, 2.24) is 5.06 Å². The molecule has 0 unspecified atom stereocenters. The molecular formula is C18H15NO5. The van der Waals surface area contributed by atoms with Gasteiger partial charge in [0.2, 0.25) is 0 Å². The molecule has 122 valence electrons. The molecule has 3 rings (SSSR count). The van der Waals surface area contributed by atoms with Crippen molar-refractivity contribution in [2.45, 2.75) is 13.3 Å². The minimum absolute atomic E-state index is 0.214. The lowest BCUT2D eigenvalue weighted by atomic mass is 10.1. The second-order valence-electron chi connectivity index (χ2n) is 5.20. The number of benzene rings is 2. The highest BCUT2D eigenvalue weighted by Gasteiger charge is 2.38. The van der Waals surface area contributed by atoms with Gasteiger partial charge in [-0.1, -0.05) is 36.3 Å². The van der Waals surface area contributed by atoms with Gasteiger partial charge in [0, 0.05) is 0 Å². The van der Waals surface area contributed by atoms with E-state index >= 15 is 0 Å². The van der Waals surface area contributed by atoms with Gasteiger partial charge in [-0.2, -0.15) is 0 Å². The van der Waals surface area contributed by atoms with E-state index in [2.05, 4.69) is 0 Å². The van der Waals surface area contributed by atoms with E-state index in [9.17, 15) is 14.4 Å². The van der Waals surface area contributed by atoms with E-state index in [1.165, 1.54) is 12.1 Å². The molecule has 0 radical (unpaired) electrons. The van der Waals surface area contributed by atoms with Crippen LogP contribution in [0.15, 0.2) is 48.5 Å². The maximum atomic E-state index is 12.1. The van der Waals surface area contributed by atoms with Crippen LogP contribution in [-0.2, 0) is 16.1 Å². The Morgan fingerprint density at radius 1 is 0.958 bits per heavy atom. The number of carbonyl (C=O) groups is 3. The summed E-state index contributed by atoms with van der Waals surface area (Å²) in [5.41, 5.74) is 1.58. The number of fused-ring (bicyclic) bond motifs is 1. The predicted octanol–water partition coefficient (Wildman–Crippen LogP) is 2.38. The minimum atomic E-state index is -0.830. The van der Waals surface area contributed by atoms with Crippen LogP contribution in [0.5, 0.6) is 5.75 Å². The maximum Gasteiger partial charge on any atom is 0.370 e. The van der Waals surface area contributed by atoms with E-state index in [0.29, 0.717) is 10.8 Å². The molecule has 1 aliphatic rings. The van der Waals surface area contributed by atoms with E-state index in [-0.39, 0.29) is 11.1 Å². The number of rotatable bonds is 5. The van der Waals surface area contributed by atoms with Gasteiger partial charge in [0.25, 0.3) is 11.8 Å². The molecule has 0 aliphatic carbocycles. The van der Waals surface area contributed by atoms with Gasteiger partial charge >= 0.3 is 5.97 Å². The van der Waals surface area contributed by atoms with Crippen molar-refractivity contribution in [2.75, 3.05) is 6.61 Å². The lowest BCUT2D eigenvalue weighted by Gasteiger charge is -2.13. The molecule has 2 aromatic carbocycles. The third-order valence-corrected chi connectivity index (χ3v) is 3.64. The molecular weight excluding hydrogens is 310 g/mol. The third-order valence-electron chi connectivity index (χ3n) is 3.64. The molecule has 2 amide bonds. The highest BCUT2D eigenvalue weighted by Crippen LogP contribution is 2.22. The fourth-order valence-corrected chi connectivity index (χ4v) is 2.34. The topological polar surface area (TPSA) is 72.9 Å². The van der Waals surface area contributed by atoms with Crippen molar-refractivity contribution in [2.24, 2.45) is 0 Å². The number of amides is 2. The number of hydroxylamine groups is 2. The van der Waals surface area contributed by atoms with Crippen molar-refractivity contribution in [3.05, 3.63) is 65.2 Å². The Balaban J connectivity index is 1.59. The third kappa shape index (κ3) is 2.99. The number of hydrogen-bond acceptors (Lipinski definition) is 5. The Hall–Kier alpha value is -3.15. The lowest BCUT2D eigenvalue weighted by molar-refractivity contribution is -0.170. The van der Waals surface area contributed by atoms with Gasteiger partial charge in [0.05, 0.1) is 11.1 Å². The van der Waals surface area contributed by atoms with Crippen molar-refractivity contribution in [1.29, 1.82) is 0 Å². The fraction of sp³-hybridized carbons (Fsp3) is 0.167. The SMILES string of the molecule is CCc1ccc(OCC(=O)ON2C(=O)c3ccccc3C2=O)cc1. The second-order valence-corrected chi connectivity index (χ2v) is 5.20. The largest absolute Gasteiger partial charge is 0.482 e. The molecule has 1 heterocycles. The monoisotopic (exact) mass is 325 g/mol. The summed E-state index contributed by atoms with van der Waals surface area (Å²) in [6, 6.07) is 13.6. The molecule has 6 heteroatoms. The van der Waals surface area contributed by atoms with Crippen LogP contribution in [0.4, 0.5) is 0 Å². The van der Waals surface area contributed by atoms with Crippen LogP contribution in [0.1, 0.15) is 33.2 Å². The molecule has 0 bridgehead atoms. The first kappa shape index (κ1) is 15.7. The Morgan fingerprint density at radius 2 is 1.54 bits per heavy atom. The van der Waals surface area contributed by atoms with Crippen LogP contribution in [-0.4, -0.2) is 29.5 Å². The maximum absolute atomic E-state index is 12.1.